The second-order valence-electron chi connectivity index (χ2n) is 39.1. The van der Waals surface area contributed by atoms with Crippen LogP contribution >= 0.6 is 0 Å². The number of methoxy groups -OCH3 is 3. The molecule has 30 heteroatoms. The van der Waals surface area contributed by atoms with Gasteiger partial charge in [-0.15, -0.1) is 0 Å². The summed E-state index contributed by atoms with van der Waals surface area (Å²) in [6, 6.07) is 11.8. The summed E-state index contributed by atoms with van der Waals surface area (Å²) < 4.78 is 161. The Balaban J connectivity index is 0.000000215. The molecule has 129 heavy (non-hydrogen) atoms. The number of nitrogens with zero attached hydrogens (tertiary/aromatic N) is 9. The molecule has 18 atom stereocenters. The van der Waals surface area contributed by atoms with Crippen LogP contribution in [0.1, 0.15) is 272 Å². The largest absolute Gasteiger partial charge is 0.540 e. The molecular weight excluding hydrogens is 1760 g/mol. The van der Waals surface area contributed by atoms with Gasteiger partial charge in [-0.05, 0) is 199 Å². The molecule has 0 spiro atoms. The van der Waals surface area contributed by atoms with Crippen LogP contribution in [0, 0.1) is 69.5 Å². The normalized spacial score (nSPS) is 33.6. The van der Waals surface area contributed by atoms with E-state index in [-0.39, 0.29) is 178 Å². The number of hydrogen-bond acceptors (Lipinski definition) is 24. The number of ether oxygens (including phenoxy) is 9. The maximum atomic E-state index is 14.2. The molecule has 9 heterocycles. The van der Waals surface area contributed by atoms with Gasteiger partial charge in [0, 0.05) is 96.2 Å². The van der Waals surface area contributed by atoms with E-state index in [0.717, 1.165) is 25.7 Å². The average Bonchev–Trinajstić information content (AvgIpc) is 1.65. The summed E-state index contributed by atoms with van der Waals surface area (Å²) in [4.78, 5) is 151. The van der Waals surface area contributed by atoms with Gasteiger partial charge in [-0.25, -0.2) is 48.8 Å². The summed E-state index contributed by atoms with van der Waals surface area (Å²) in [6.07, 6.45) is -4.65. The molecule has 15 rings (SSSR count). The van der Waals surface area contributed by atoms with Gasteiger partial charge in [0.2, 0.25) is 35.4 Å². The minimum Gasteiger partial charge on any atom is -0.540 e. The molecule has 3 aliphatic carbocycles. The molecule has 3 aromatic carbocycles. The van der Waals surface area contributed by atoms with Crippen LogP contribution in [0.15, 0.2) is 54.6 Å². The van der Waals surface area contributed by atoms with Gasteiger partial charge in [0.1, 0.15) is 69.9 Å². The van der Waals surface area contributed by atoms with Crippen LogP contribution in [-0.4, -0.2) is 194 Å². The predicted octanol–water partition coefficient (Wildman–Crippen LogP) is 15.7. The Bertz CT molecular complexity index is 5590. The first-order valence-corrected chi connectivity index (χ1v) is 44.7. The van der Waals surface area contributed by atoms with Gasteiger partial charge < -0.3 is 71.7 Å². The number of carbonyl (C=O) groups is 6. The first-order chi connectivity index (χ1) is 64.4. The van der Waals surface area contributed by atoms with Gasteiger partial charge in [-0.2, -0.15) is 0 Å². The number of amides is 3. The van der Waals surface area contributed by atoms with E-state index >= 15 is 0 Å². The number of hydrogen-bond donors (Lipinski definition) is 0. The molecule has 6 fully saturated rings. The molecule has 0 N–H and O–H groups in total. The quantitative estimate of drug-likeness (QED) is 0.0849. The average molecular weight is 1900 g/mol. The topological polar surface area (TPSA) is 324 Å². The second-order valence-corrected chi connectivity index (χ2v) is 39.1. The van der Waals surface area contributed by atoms with Crippen molar-refractivity contribution in [3.05, 3.63) is 71.7 Å². The first-order valence-electron chi connectivity index (χ1n) is 50.7. The van der Waals surface area contributed by atoms with Crippen LogP contribution in [0.5, 0.6) is 34.9 Å². The van der Waals surface area contributed by atoms with Crippen LogP contribution in [0.3, 0.4) is 0 Å². The number of carbonyl (C=O) groups excluding carboxylic acids is 9. The van der Waals surface area contributed by atoms with Crippen molar-refractivity contribution in [3.63, 3.8) is 0 Å². The standard InChI is InChI=1S/C34H46N3O6.C33H44N3O6.C32H42N3O6.3V/c1-21-28(20-38)37-19-29(21)42-31-26(35-25-15-14-23(41-6)17-27(25)36-31)13-9-7-8-11-22-12-10-16-34(22,5)43-30(39)18-24(32(37)40)33(2,3)4;1-20-27(19-37)36-18-29(20)42-31-25(34-24-15-14-22(40-5)16-26(24)35-31)12-8-6-7-10-21-11-9-13-28(21)41-30(38)17-23(32(36)39)33(2,3)4;1-19-26(18-36)35-17-27(19)40-29-24(33-23-13-12-21(39-6)14-25(23)34-29)11-9-7-8-10-20-16-32(20,5)41-28(37)15-22(30(35)38)31(2,3)4;;;/h14-15,17,21-22,24,28-29H,7-13,16,18-19H2,1-6H3;14-16,20-21,23,27-29H,6-13,17-18H2,1-5H3;12-14,19-20,22,26-27H,7-11,15-17H2,1-6H3;;;/q3*-1;;;/t21-,22+,24+,28+,29-,34+;20-,21+,23+,27+,28+,29-;19-,20+,22+,26+,27-,32+;;;/m000.../s1/i9D2,13D2;8D2,12D2;9D2,11D2;;;. The SMILES string of the molecule is [2H]C1([2H])CCC[C@@H]2CCC[C@@]2(C)OC(=O)C[C@@H](C(C)(C)C)C(=O)N2C[C@H](Oc3nc4cc(OC)ccc4nc3C1([2H])[2H])[C@@H](C)[C@H]2[C-]=O.[2H]C1([2H])CCC[C@@H]2CCC[C@H]2OC(=O)C[C@@H](C(C)(C)C)C(=O)N2C[C@H](Oc3nc4cc(OC)ccc4nc3C1([2H])[2H])[C@@H](C)[C@H]2[C-]=O.[2H]C1([2H])CCC[C@@H]2C[C@@]2(C)OC(=O)C[C@@H](C(C)(C)C)C(=O)N2C[C@H](Oc3nc4cc(OC)ccc4nc3C1([2H])[2H])[C@@H](C)[C@H]2[C-]=O.[V].[V].[V]. The molecule has 27 nitrogen and oxygen atoms in total. The van der Waals surface area contributed by atoms with E-state index in [0.29, 0.717) is 108 Å². The monoisotopic (exact) mass is 1900 g/mol. The van der Waals surface area contributed by atoms with E-state index in [1.165, 1.54) is 36.0 Å². The third kappa shape index (κ3) is 24.2. The maximum absolute atomic E-state index is 14.2. The zero-order valence-electron chi connectivity index (χ0n) is 89.2. The van der Waals surface area contributed by atoms with Crippen molar-refractivity contribution in [2.75, 3.05) is 41.0 Å². The van der Waals surface area contributed by atoms with E-state index in [2.05, 4.69) is 29.9 Å². The maximum Gasteiger partial charge on any atom is 0.307 e. The molecule has 3 aromatic heterocycles. The smallest absolute Gasteiger partial charge is 0.307 e. The van der Waals surface area contributed by atoms with Crippen molar-refractivity contribution in [1.82, 2.24) is 44.6 Å². The van der Waals surface area contributed by atoms with Crippen LogP contribution in [-0.2, 0) is 132 Å². The van der Waals surface area contributed by atoms with Crippen molar-refractivity contribution < 1.29 is 158 Å². The molecule has 6 aliphatic heterocycles. The third-order valence-electron chi connectivity index (χ3n) is 27.3. The van der Waals surface area contributed by atoms with E-state index < -0.39 is 167 Å². The molecule has 0 unspecified atom stereocenters. The van der Waals surface area contributed by atoms with Crippen molar-refractivity contribution in [1.29, 1.82) is 0 Å². The van der Waals surface area contributed by atoms with Gasteiger partial charge >= 0.3 is 17.9 Å². The van der Waals surface area contributed by atoms with Crippen LogP contribution < -0.4 is 28.4 Å². The number of esters is 3. The van der Waals surface area contributed by atoms with Crippen molar-refractivity contribution in [2.45, 2.75) is 311 Å². The number of fused-ring (bicyclic) bond motifs is 15. The van der Waals surface area contributed by atoms with Crippen LogP contribution in [0.4, 0.5) is 0 Å². The van der Waals surface area contributed by atoms with Crippen molar-refractivity contribution in [3.8, 4) is 34.9 Å². The fraction of sp³-hybridized carbons (Fsp3) is 0.667. The summed E-state index contributed by atoms with van der Waals surface area (Å²) in [5, 5.41) is 0. The zero-order valence-corrected chi connectivity index (χ0v) is 81.4. The number of rotatable bonds is 6. The van der Waals surface area contributed by atoms with E-state index in [1.54, 1.807) is 75.4 Å². The number of aryl methyl sites for hydroxylation is 3. The molecule has 3 radical (unpaired) electrons. The molecule has 3 saturated heterocycles. The fourth-order valence-corrected chi connectivity index (χ4v) is 19.1. The third-order valence-corrected chi connectivity index (χ3v) is 27.3. The Morgan fingerprint density at radius 1 is 0.403 bits per heavy atom. The molecule has 3 amide bonds. The number of benzene rings is 3. The molecule has 3 saturated carbocycles. The Morgan fingerprint density at radius 3 is 1.09 bits per heavy atom. The fourth-order valence-electron chi connectivity index (χ4n) is 19.1. The summed E-state index contributed by atoms with van der Waals surface area (Å²) in [5.41, 5.74) is -2.22. The molecule has 6 bridgehead atoms. The Labute approximate surface area is 813 Å². The Morgan fingerprint density at radius 2 is 0.736 bits per heavy atom. The van der Waals surface area contributed by atoms with E-state index in [4.69, 9.17) is 59.1 Å². The summed E-state index contributed by atoms with van der Waals surface area (Å²) >= 11 is 0. The molecular formula is C99H132N9O18V3-3. The predicted molar refractivity (Wildman–Crippen MR) is 473 cm³/mol. The number of aromatic nitrogens is 6. The first kappa shape index (κ1) is 86.5. The van der Waals surface area contributed by atoms with Crippen LogP contribution in [0.2, 0.25) is 0 Å². The van der Waals surface area contributed by atoms with E-state index in [1.807, 2.05) is 95.0 Å². The zero-order chi connectivity index (χ0) is 101. The Kier molecular flexibility index (Phi) is 29.4. The second kappa shape index (κ2) is 43.8. The minimum atomic E-state index is -2.63. The van der Waals surface area contributed by atoms with Gasteiger partial charge in [0.05, 0.1) is 111 Å². The summed E-state index contributed by atoms with van der Waals surface area (Å²) in [6.45, 7) is 25.7. The van der Waals surface area contributed by atoms with Crippen LogP contribution in [0.25, 0.3) is 33.1 Å². The minimum absolute atomic E-state index is 0. The van der Waals surface area contributed by atoms with E-state index in [9.17, 15) is 43.2 Å². The molecule has 9 aliphatic rings. The van der Waals surface area contributed by atoms with Crippen molar-refractivity contribution >= 4 is 87.6 Å². The van der Waals surface area contributed by atoms with Crippen molar-refractivity contribution in [2.24, 2.45) is 69.5 Å². The van der Waals surface area contributed by atoms with Gasteiger partial charge in [0.25, 0.3) is 0 Å². The van der Waals surface area contributed by atoms with Gasteiger partial charge in [-0.1, -0.05) is 140 Å². The molecule has 699 valence electrons. The summed E-state index contributed by atoms with van der Waals surface area (Å²) in [5.74, 6) is -5.90. The molecule has 6 aromatic rings. The van der Waals surface area contributed by atoms with Gasteiger partial charge in [-0.3, -0.25) is 28.8 Å². The Hall–Kier alpha value is -7.94. The summed E-state index contributed by atoms with van der Waals surface area (Å²) in [7, 11) is 4.52. The van der Waals surface area contributed by atoms with Gasteiger partial charge in [0.15, 0.2) is 0 Å².